The molecular weight excluding hydrogens is 285 g/mol. The zero-order valence-corrected chi connectivity index (χ0v) is 10.5. The molecule has 0 saturated heterocycles. The van der Waals surface area contributed by atoms with E-state index in [2.05, 4.69) is 4.18 Å². The Balaban J connectivity index is 2.26. The highest BCUT2D eigenvalue weighted by Gasteiger charge is 2.48. The number of rotatable bonds is 2. The van der Waals surface area contributed by atoms with E-state index in [-0.39, 0.29) is 6.42 Å². The van der Waals surface area contributed by atoms with Gasteiger partial charge in [-0.3, -0.25) is 0 Å². The number of hydrogen-bond donors (Lipinski definition) is 1. The van der Waals surface area contributed by atoms with Crippen LogP contribution in [0.1, 0.15) is 17.5 Å². The third kappa shape index (κ3) is 3.01. The first-order valence-electron chi connectivity index (χ1n) is 5.50. The number of fused-ring (bicyclic) bond motifs is 1. The summed E-state index contributed by atoms with van der Waals surface area (Å²) in [5.41, 5.74) is -3.97. The molecule has 0 heterocycles. The summed E-state index contributed by atoms with van der Waals surface area (Å²) in [7, 11) is -5.65. The summed E-state index contributed by atoms with van der Waals surface area (Å²) >= 11 is 0. The van der Waals surface area contributed by atoms with Crippen molar-refractivity contribution >= 4 is 10.1 Å². The number of aliphatic hydroxyl groups excluding tert-OH is 1. The molecule has 0 aliphatic heterocycles. The largest absolute Gasteiger partial charge is 0.534 e. The fourth-order valence-corrected chi connectivity index (χ4v) is 2.39. The van der Waals surface area contributed by atoms with Crippen molar-refractivity contribution in [2.75, 3.05) is 0 Å². The van der Waals surface area contributed by atoms with Crippen LogP contribution in [0.25, 0.3) is 0 Å². The molecule has 106 valence electrons. The lowest BCUT2D eigenvalue weighted by Gasteiger charge is -2.21. The molecule has 0 bridgehead atoms. The van der Waals surface area contributed by atoms with E-state index in [1.54, 1.807) is 0 Å². The first kappa shape index (κ1) is 14.1. The molecule has 1 aromatic carbocycles. The van der Waals surface area contributed by atoms with Crippen molar-refractivity contribution in [3.8, 4) is 5.75 Å². The van der Waals surface area contributed by atoms with E-state index in [0.29, 0.717) is 18.4 Å². The second kappa shape index (κ2) is 4.68. The maximum Gasteiger partial charge on any atom is 0.534 e. The van der Waals surface area contributed by atoms with Gasteiger partial charge in [0, 0.05) is 0 Å². The van der Waals surface area contributed by atoms with Gasteiger partial charge in [0.15, 0.2) is 0 Å². The predicted octanol–water partition coefficient (Wildman–Crippen LogP) is 1.76. The van der Waals surface area contributed by atoms with E-state index < -0.39 is 27.5 Å². The quantitative estimate of drug-likeness (QED) is 0.667. The smallest absolute Gasteiger partial charge is 0.393 e. The van der Waals surface area contributed by atoms with Crippen LogP contribution in [0.3, 0.4) is 0 Å². The molecule has 0 radical (unpaired) electrons. The van der Waals surface area contributed by atoms with Crippen LogP contribution in [-0.2, 0) is 23.0 Å². The van der Waals surface area contributed by atoms with Crippen LogP contribution in [0.5, 0.6) is 5.75 Å². The lowest BCUT2D eigenvalue weighted by Crippen LogP contribution is -2.28. The van der Waals surface area contributed by atoms with Crippen LogP contribution < -0.4 is 4.18 Å². The van der Waals surface area contributed by atoms with Crippen LogP contribution >= 0.6 is 0 Å². The molecule has 1 aliphatic rings. The molecule has 2 rings (SSSR count). The third-order valence-corrected chi connectivity index (χ3v) is 3.85. The Hall–Kier alpha value is -1.28. The van der Waals surface area contributed by atoms with E-state index in [4.69, 9.17) is 0 Å². The second-order valence-corrected chi connectivity index (χ2v) is 5.85. The normalized spacial score (nSPS) is 19.9. The first-order valence-corrected chi connectivity index (χ1v) is 6.90. The molecule has 1 N–H and O–H groups in total. The van der Waals surface area contributed by atoms with Gasteiger partial charge in [-0.1, -0.05) is 6.07 Å². The predicted molar refractivity (Wildman–Crippen MR) is 60.1 cm³/mol. The van der Waals surface area contributed by atoms with Crippen molar-refractivity contribution < 1.29 is 30.9 Å². The fourth-order valence-electron chi connectivity index (χ4n) is 1.94. The number of aryl methyl sites for hydroxylation is 1. The Bertz CT molecular complexity index is 580. The number of alkyl halides is 3. The molecule has 0 aromatic heterocycles. The lowest BCUT2D eigenvalue weighted by atomic mass is 9.90. The van der Waals surface area contributed by atoms with Gasteiger partial charge in [-0.05, 0) is 42.5 Å². The van der Waals surface area contributed by atoms with Crippen LogP contribution in [0.4, 0.5) is 13.2 Å². The van der Waals surface area contributed by atoms with Crippen molar-refractivity contribution in [1.82, 2.24) is 0 Å². The van der Waals surface area contributed by atoms with Gasteiger partial charge < -0.3 is 9.29 Å². The van der Waals surface area contributed by atoms with Crippen molar-refractivity contribution in [2.24, 2.45) is 0 Å². The van der Waals surface area contributed by atoms with Gasteiger partial charge in [0.25, 0.3) is 0 Å². The molecule has 0 spiro atoms. The van der Waals surface area contributed by atoms with Crippen molar-refractivity contribution in [2.45, 2.75) is 30.9 Å². The zero-order chi connectivity index (χ0) is 14.3. The van der Waals surface area contributed by atoms with Gasteiger partial charge in [0.05, 0.1) is 6.10 Å². The van der Waals surface area contributed by atoms with E-state index >= 15 is 0 Å². The Morgan fingerprint density at radius 2 is 1.95 bits per heavy atom. The van der Waals surface area contributed by atoms with Crippen molar-refractivity contribution in [3.63, 3.8) is 0 Å². The molecule has 0 fully saturated rings. The summed E-state index contributed by atoms with van der Waals surface area (Å²) in [6, 6.07) is 3.92. The summed E-state index contributed by atoms with van der Waals surface area (Å²) < 4.78 is 62.2. The molecule has 8 heteroatoms. The first-order chi connectivity index (χ1) is 8.69. The average molecular weight is 296 g/mol. The van der Waals surface area contributed by atoms with E-state index in [9.17, 15) is 26.7 Å². The number of hydrogen-bond acceptors (Lipinski definition) is 4. The number of benzene rings is 1. The minimum atomic E-state index is -5.65. The maximum atomic E-state index is 12.2. The highest BCUT2D eigenvalue weighted by atomic mass is 32.2. The summed E-state index contributed by atoms with van der Waals surface area (Å²) in [5.74, 6) is -0.398. The van der Waals surface area contributed by atoms with Crippen molar-refractivity contribution in [1.29, 1.82) is 0 Å². The van der Waals surface area contributed by atoms with Gasteiger partial charge >= 0.3 is 15.6 Å². The van der Waals surface area contributed by atoms with Gasteiger partial charge in [-0.25, -0.2) is 0 Å². The minimum Gasteiger partial charge on any atom is -0.393 e. The zero-order valence-electron chi connectivity index (χ0n) is 9.64. The number of aliphatic hydroxyl groups is 1. The van der Waals surface area contributed by atoms with E-state index in [0.717, 1.165) is 5.56 Å². The topological polar surface area (TPSA) is 63.6 Å². The number of halogens is 3. The highest BCUT2D eigenvalue weighted by Crippen LogP contribution is 2.30. The lowest BCUT2D eigenvalue weighted by molar-refractivity contribution is -0.0500. The molecule has 1 aromatic rings. The molecule has 0 amide bonds. The molecule has 1 unspecified atom stereocenters. The third-order valence-electron chi connectivity index (χ3n) is 2.87. The van der Waals surface area contributed by atoms with E-state index in [1.807, 2.05) is 0 Å². The summed E-state index contributed by atoms with van der Waals surface area (Å²) in [5, 5.41) is 9.47. The van der Waals surface area contributed by atoms with Crippen molar-refractivity contribution in [3.05, 3.63) is 29.3 Å². The molecule has 19 heavy (non-hydrogen) atoms. The summed E-state index contributed by atoms with van der Waals surface area (Å²) in [6.07, 6.45) is 0.886. The highest BCUT2D eigenvalue weighted by molar-refractivity contribution is 7.87. The monoisotopic (exact) mass is 296 g/mol. The Morgan fingerprint density at radius 1 is 1.26 bits per heavy atom. The summed E-state index contributed by atoms with van der Waals surface area (Å²) in [4.78, 5) is 0. The van der Waals surface area contributed by atoms with Gasteiger partial charge in [-0.2, -0.15) is 21.6 Å². The van der Waals surface area contributed by atoms with Gasteiger partial charge in [0.1, 0.15) is 5.75 Å². The maximum absolute atomic E-state index is 12.2. The Morgan fingerprint density at radius 3 is 2.58 bits per heavy atom. The average Bonchev–Trinajstić information content (AvgIpc) is 2.26. The molecule has 1 aliphatic carbocycles. The second-order valence-electron chi connectivity index (χ2n) is 4.31. The van der Waals surface area contributed by atoms with E-state index in [1.165, 1.54) is 18.2 Å². The summed E-state index contributed by atoms with van der Waals surface area (Å²) in [6.45, 7) is 0. The van der Waals surface area contributed by atoms with Gasteiger partial charge in [-0.15, -0.1) is 0 Å². The van der Waals surface area contributed by atoms with Crippen LogP contribution in [0.2, 0.25) is 0 Å². The standard InChI is InChI=1S/C11H11F3O4S/c12-11(13,14)19(16,17)18-10-4-2-7-1-3-9(15)5-8(7)6-10/h2,4,6,9,15H,1,3,5H2. The van der Waals surface area contributed by atoms with Crippen LogP contribution in [0, 0.1) is 0 Å². The van der Waals surface area contributed by atoms with Gasteiger partial charge in [0.2, 0.25) is 0 Å². The molecular formula is C11H11F3O4S. The molecule has 0 saturated carbocycles. The van der Waals surface area contributed by atoms with Crippen LogP contribution in [0.15, 0.2) is 18.2 Å². The minimum absolute atomic E-state index is 0.276. The SMILES string of the molecule is O=S(=O)(Oc1ccc2c(c1)CC(O)CC2)C(F)(F)F. The Kier molecular flexibility index (Phi) is 3.48. The Labute approximate surface area is 107 Å². The van der Waals surface area contributed by atoms with Crippen LogP contribution in [-0.4, -0.2) is 25.1 Å². The molecule has 1 atom stereocenters. The molecule has 4 nitrogen and oxygen atoms in total. The fraction of sp³-hybridized carbons (Fsp3) is 0.455.